The Morgan fingerprint density at radius 2 is 1.72 bits per heavy atom. The van der Waals surface area contributed by atoms with Gasteiger partial charge in [0.15, 0.2) is 11.5 Å². The largest absolute Gasteiger partial charge is 0.493 e. The first-order chi connectivity index (χ1) is 14.0. The van der Waals surface area contributed by atoms with Gasteiger partial charge in [-0.3, -0.25) is 4.79 Å². The van der Waals surface area contributed by atoms with E-state index in [1.165, 1.54) is 18.2 Å². The number of amides is 1. The van der Waals surface area contributed by atoms with Crippen LogP contribution in [0.15, 0.2) is 21.8 Å². The van der Waals surface area contributed by atoms with Gasteiger partial charge in [-0.2, -0.15) is 0 Å². The Hall–Kier alpha value is -2.42. The van der Waals surface area contributed by atoms with E-state index in [0.29, 0.717) is 33.9 Å². The number of piperidine rings is 1. The van der Waals surface area contributed by atoms with E-state index in [2.05, 4.69) is 24.0 Å². The van der Waals surface area contributed by atoms with Crippen LogP contribution in [0, 0.1) is 0 Å². The van der Waals surface area contributed by atoms with E-state index >= 15 is 0 Å². The van der Waals surface area contributed by atoms with Crippen LogP contribution in [0.25, 0.3) is 11.5 Å². The second kappa shape index (κ2) is 9.39. The predicted octanol–water partition coefficient (Wildman–Crippen LogP) is 3.64. The van der Waals surface area contributed by atoms with Gasteiger partial charge in [-0.15, -0.1) is 10.2 Å². The molecule has 2 heterocycles. The molecule has 1 aliphatic heterocycles. The van der Waals surface area contributed by atoms with E-state index in [0.717, 1.165) is 12.8 Å². The van der Waals surface area contributed by atoms with E-state index in [-0.39, 0.29) is 23.7 Å². The summed E-state index contributed by atoms with van der Waals surface area (Å²) in [5, 5.41) is 8.51. The first-order valence-corrected chi connectivity index (χ1v) is 10.5. The number of hydrogen-bond donors (Lipinski definition) is 0. The maximum absolute atomic E-state index is 12.7. The SMILES string of the molecule is COc1cc(-c2nnc(SCC(=O)N3[C@H](C)CCC[C@H]3C)o2)cc(OC)c1OC. The van der Waals surface area contributed by atoms with Gasteiger partial charge in [0.05, 0.1) is 27.1 Å². The number of ether oxygens (including phenoxy) is 3. The molecule has 1 amide bonds. The number of rotatable bonds is 7. The Morgan fingerprint density at radius 1 is 1.10 bits per heavy atom. The number of carbonyl (C=O) groups is 1. The van der Waals surface area contributed by atoms with Crippen molar-refractivity contribution in [2.24, 2.45) is 0 Å². The molecule has 0 N–H and O–H groups in total. The van der Waals surface area contributed by atoms with Gasteiger partial charge < -0.3 is 23.5 Å². The monoisotopic (exact) mass is 421 g/mol. The van der Waals surface area contributed by atoms with E-state index in [1.54, 1.807) is 33.5 Å². The van der Waals surface area contributed by atoms with Crippen LogP contribution in [0.1, 0.15) is 33.1 Å². The zero-order chi connectivity index (χ0) is 21.0. The van der Waals surface area contributed by atoms with Crippen LogP contribution in [0.3, 0.4) is 0 Å². The minimum absolute atomic E-state index is 0.0993. The number of hydrogen-bond acceptors (Lipinski definition) is 8. The second-order valence-corrected chi connectivity index (χ2v) is 7.93. The second-order valence-electron chi connectivity index (χ2n) is 7.01. The normalized spacial score (nSPS) is 19.1. The van der Waals surface area contributed by atoms with Gasteiger partial charge in [-0.05, 0) is 45.2 Å². The van der Waals surface area contributed by atoms with Gasteiger partial charge in [-0.25, -0.2) is 0 Å². The zero-order valence-corrected chi connectivity index (χ0v) is 18.2. The average Bonchev–Trinajstić information content (AvgIpc) is 3.20. The maximum atomic E-state index is 12.7. The Morgan fingerprint density at radius 3 is 2.28 bits per heavy atom. The minimum atomic E-state index is 0.0993. The topological polar surface area (TPSA) is 86.9 Å². The summed E-state index contributed by atoms with van der Waals surface area (Å²) >= 11 is 1.25. The fraction of sp³-hybridized carbons (Fsp3) is 0.550. The molecule has 3 rings (SSSR count). The third kappa shape index (κ3) is 4.60. The molecule has 1 saturated heterocycles. The summed E-state index contributed by atoms with van der Waals surface area (Å²) in [6, 6.07) is 4.02. The lowest BCUT2D eigenvalue weighted by Gasteiger charge is -2.39. The first-order valence-electron chi connectivity index (χ1n) is 9.56. The summed E-state index contributed by atoms with van der Waals surface area (Å²) in [4.78, 5) is 14.7. The van der Waals surface area contributed by atoms with E-state index < -0.39 is 0 Å². The molecule has 0 bridgehead atoms. The van der Waals surface area contributed by atoms with Crippen molar-refractivity contribution in [1.82, 2.24) is 15.1 Å². The van der Waals surface area contributed by atoms with Crippen molar-refractivity contribution in [1.29, 1.82) is 0 Å². The van der Waals surface area contributed by atoms with Crippen LogP contribution >= 0.6 is 11.8 Å². The van der Waals surface area contributed by atoms with Gasteiger partial charge in [0.1, 0.15) is 0 Å². The van der Waals surface area contributed by atoms with Crippen LogP contribution < -0.4 is 14.2 Å². The van der Waals surface area contributed by atoms with Gasteiger partial charge in [0.25, 0.3) is 5.22 Å². The summed E-state index contributed by atoms with van der Waals surface area (Å²) in [6.45, 7) is 4.21. The quantitative estimate of drug-likeness (QED) is 0.626. The molecule has 2 atom stereocenters. The molecule has 1 aromatic heterocycles. The average molecular weight is 422 g/mol. The van der Waals surface area contributed by atoms with Crippen molar-refractivity contribution in [3.63, 3.8) is 0 Å². The van der Waals surface area contributed by atoms with E-state index in [4.69, 9.17) is 18.6 Å². The molecular formula is C20H27N3O5S. The van der Waals surface area contributed by atoms with Crippen molar-refractivity contribution in [2.45, 2.75) is 50.4 Å². The van der Waals surface area contributed by atoms with Crippen LogP contribution in [-0.2, 0) is 4.79 Å². The van der Waals surface area contributed by atoms with Crippen LogP contribution in [0.4, 0.5) is 0 Å². The molecule has 1 fully saturated rings. The van der Waals surface area contributed by atoms with Crippen molar-refractivity contribution >= 4 is 17.7 Å². The molecular weight excluding hydrogens is 394 g/mol. The van der Waals surface area contributed by atoms with Crippen LogP contribution in [-0.4, -0.2) is 60.2 Å². The highest BCUT2D eigenvalue weighted by Crippen LogP contribution is 2.41. The molecule has 29 heavy (non-hydrogen) atoms. The lowest BCUT2D eigenvalue weighted by atomic mass is 9.98. The third-order valence-corrected chi connectivity index (χ3v) is 5.92. The fourth-order valence-corrected chi connectivity index (χ4v) is 4.33. The van der Waals surface area contributed by atoms with Crippen LogP contribution in [0.5, 0.6) is 17.2 Å². The van der Waals surface area contributed by atoms with Gasteiger partial charge in [0, 0.05) is 17.6 Å². The molecule has 0 radical (unpaired) electrons. The number of thioether (sulfide) groups is 1. The van der Waals surface area contributed by atoms with Gasteiger partial charge in [-0.1, -0.05) is 11.8 Å². The lowest BCUT2D eigenvalue weighted by Crippen LogP contribution is -2.48. The summed E-state index contributed by atoms with van der Waals surface area (Å²) in [5.74, 6) is 2.17. The molecule has 2 aromatic rings. The van der Waals surface area contributed by atoms with Crippen LogP contribution in [0.2, 0.25) is 0 Å². The molecule has 8 nitrogen and oxygen atoms in total. The molecule has 1 aliphatic rings. The summed E-state index contributed by atoms with van der Waals surface area (Å²) in [5.41, 5.74) is 0.642. The molecule has 0 saturated carbocycles. The lowest BCUT2D eigenvalue weighted by molar-refractivity contribution is -0.134. The maximum Gasteiger partial charge on any atom is 0.277 e. The number of carbonyl (C=O) groups excluding carboxylic acids is 1. The predicted molar refractivity (Wildman–Crippen MR) is 110 cm³/mol. The summed E-state index contributed by atoms with van der Waals surface area (Å²) < 4.78 is 21.8. The number of likely N-dealkylation sites (tertiary alicyclic amines) is 1. The van der Waals surface area contributed by atoms with Crippen molar-refractivity contribution in [3.8, 4) is 28.7 Å². The molecule has 0 aliphatic carbocycles. The Labute approximate surface area is 174 Å². The third-order valence-electron chi connectivity index (χ3n) is 5.12. The number of methoxy groups -OCH3 is 3. The highest BCUT2D eigenvalue weighted by Gasteiger charge is 2.29. The van der Waals surface area contributed by atoms with Crippen molar-refractivity contribution in [3.05, 3.63) is 12.1 Å². The minimum Gasteiger partial charge on any atom is -0.493 e. The summed E-state index contributed by atoms with van der Waals surface area (Å²) in [7, 11) is 4.64. The highest BCUT2D eigenvalue weighted by atomic mass is 32.2. The Bertz CT molecular complexity index is 821. The van der Waals surface area contributed by atoms with E-state index in [9.17, 15) is 4.79 Å². The molecule has 158 valence electrons. The van der Waals surface area contributed by atoms with E-state index in [1.807, 2.05) is 4.90 Å². The molecule has 1 aromatic carbocycles. The smallest absolute Gasteiger partial charge is 0.277 e. The Balaban J connectivity index is 1.72. The standard InChI is InChI=1S/C20H27N3O5S/c1-12-7-6-8-13(2)23(12)17(24)11-29-20-22-21-19(28-20)14-9-15(25-3)18(27-5)16(10-14)26-4/h9-10,12-13H,6-8,11H2,1-5H3/t12-,13-/m1/s1. The first kappa shape index (κ1) is 21.3. The summed E-state index contributed by atoms with van der Waals surface area (Å²) in [6.07, 6.45) is 3.26. The molecule has 9 heteroatoms. The van der Waals surface area contributed by atoms with Crippen molar-refractivity contribution < 1.29 is 23.4 Å². The fourth-order valence-electron chi connectivity index (χ4n) is 3.70. The Kier molecular flexibility index (Phi) is 6.89. The number of benzene rings is 1. The molecule has 0 spiro atoms. The van der Waals surface area contributed by atoms with Gasteiger partial charge in [0.2, 0.25) is 17.5 Å². The zero-order valence-electron chi connectivity index (χ0n) is 17.4. The van der Waals surface area contributed by atoms with Crippen molar-refractivity contribution in [2.75, 3.05) is 27.1 Å². The number of nitrogens with zero attached hydrogens (tertiary/aromatic N) is 3. The van der Waals surface area contributed by atoms with Gasteiger partial charge >= 0.3 is 0 Å². The molecule has 0 unspecified atom stereocenters. The highest BCUT2D eigenvalue weighted by molar-refractivity contribution is 7.99. The number of aromatic nitrogens is 2.